The maximum absolute atomic E-state index is 9.93. The molecule has 2 rings (SSSR count). The summed E-state index contributed by atoms with van der Waals surface area (Å²) in [7, 11) is 0. The summed E-state index contributed by atoms with van der Waals surface area (Å²) in [6.07, 6.45) is 4.41. The van der Waals surface area contributed by atoms with Crippen molar-refractivity contribution in [2.45, 2.75) is 44.8 Å². The topological polar surface area (TPSA) is 62.4 Å². The SMILES string of the molecule is CC[C@H](N)c1ccc(N2CCC(C)(O)CC2)cn1. The lowest BCUT2D eigenvalue weighted by Crippen LogP contribution is -2.42. The lowest BCUT2D eigenvalue weighted by atomic mass is 9.93. The van der Waals surface area contributed by atoms with Crippen LogP contribution in [0.25, 0.3) is 0 Å². The molecule has 0 saturated carbocycles. The number of hydrogen-bond donors (Lipinski definition) is 2. The van der Waals surface area contributed by atoms with Crippen molar-refractivity contribution in [2.75, 3.05) is 18.0 Å². The highest BCUT2D eigenvalue weighted by Gasteiger charge is 2.27. The molecule has 1 saturated heterocycles. The molecule has 4 nitrogen and oxygen atoms in total. The molecule has 0 bridgehead atoms. The lowest BCUT2D eigenvalue weighted by molar-refractivity contribution is 0.0351. The van der Waals surface area contributed by atoms with Gasteiger partial charge in [0.2, 0.25) is 0 Å². The average Bonchev–Trinajstić information content (AvgIpc) is 2.38. The number of aromatic nitrogens is 1. The normalized spacial score (nSPS) is 20.8. The van der Waals surface area contributed by atoms with Gasteiger partial charge >= 0.3 is 0 Å². The fourth-order valence-electron chi connectivity index (χ4n) is 2.26. The van der Waals surface area contributed by atoms with Crippen LogP contribution in [-0.2, 0) is 0 Å². The molecule has 1 fully saturated rings. The second-order valence-corrected chi connectivity index (χ2v) is 5.44. The predicted octanol–water partition coefficient (Wildman–Crippen LogP) is 1.84. The number of pyridine rings is 1. The van der Waals surface area contributed by atoms with E-state index in [1.807, 2.05) is 19.2 Å². The largest absolute Gasteiger partial charge is 0.390 e. The van der Waals surface area contributed by atoms with Crippen LogP contribution in [-0.4, -0.2) is 28.8 Å². The monoisotopic (exact) mass is 249 g/mol. The van der Waals surface area contributed by atoms with Crippen molar-refractivity contribution in [3.8, 4) is 0 Å². The van der Waals surface area contributed by atoms with Crippen molar-refractivity contribution in [2.24, 2.45) is 5.73 Å². The summed E-state index contributed by atoms with van der Waals surface area (Å²) in [5, 5.41) is 9.93. The molecule has 0 aromatic carbocycles. The summed E-state index contributed by atoms with van der Waals surface area (Å²) in [4.78, 5) is 6.70. The first-order valence-electron chi connectivity index (χ1n) is 6.71. The minimum absolute atomic E-state index is 0.0288. The van der Waals surface area contributed by atoms with Gasteiger partial charge in [-0.25, -0.2) is 0 Å². The number of rotatable bonds is 3. The Hall–Kier alpha value is -1.13. The zero-order valence-corrected chi connectivity index (χ0v) is 11.3. The molecule has 0 unspecified atom stereocenters. The molecule has 1 aromatic rings. The van der Waals surface area contributed by atoms with Gasteiger partial charge in [-0.2, -0.15) is 0 Å². The summed E-state index contributed by atoms with van der Waals surface area (Å²) >= 11 is 0. The predicted molar refractivity (Wildman–Crippen MR) is 73.5 cm³/mol. The highest BCUT2D eigenvalue weighted by molar-refractivity contribution is 5.45. The highest BCUT2D eigenvalue weighted by atomic mass is 16.3. The first-order chi connectivity index (χ1) is 8.52. The standard InChI is InChI=1S/C14H23N3O/c1-3-12(15)13-5-4-11(10-16-13)17-8-6-14(2,18)7-9-17/h4-5,10,12,18H,3,6-9,15H2,1-2H3/t12-/m0/s1. The summed E-state index contributed by atoms with van der Waals surface area (Å²) in [5.74, 6) is 0. The van der Waals surface area contributed by atoms with Crippen LogP contribution in [0.15, 0.2) is 18.3 Å². The molecule has 1 aliphatic rings. The average molecular weight is 249 g/mol. The zero-order valence-electron chi connectivity index (χ0n) is 11.3. The van der Waals surface area contributed by atoms with E-state index in [1.165, 1.54) is 0 Å². The fourth-order valence-corrected chi connectivity index (χ4v) is 2.26. The minimum atomic E-state index is -0.506. The molecule has 2 heterocycles. The molecule has 1 aromatic heterocycles. The molecule has 1 atom stereocenters. The van der Waals surface area contributed by atoms with Crippen LogP contribution in [0.4, 0.5) is 5.69 Å². The molecule has 18 heavy (non-hydrogen) atoms. The Morgan fingerprint density at radius 1 is 1.44 bits per heavy atom. The van der Waals surface area contributed by atoms with E-state index in [0.717, 1.165) is 43.7 Å². The molecule has 1 aliphatic heterocycles. The summed E-state index contributed by atoms with van der Waals surface area (Å²) in [6.45, 7) is 5.74. The van der Waals surface area contributed by atoms with Crippen molar-refractivity contribution >= 4 is 5.69 Å². The number of anilines is 1. The molecule has 0 aliphatic carbocycles. The Kier molecular flexibility index (Phi) is 3.88. The molecule has 0 amide bonds. The van der Waals surface area contributed by atoms with Crippen LogP contribution in [0, 0.1) is 0 Å². The number of nitrogens with zero attached hydrogens (tertiary/aromatic N) is 2. The second-order valence-electron chi connectivity index (χ2n) is 5.44. The van der Waals surface area contributed by atoms with E-state index in [1.54, 1.807) is 0 Å². The van der Waals surface area contributed by atoms with Gasteiger partial charge in [-0.05, 0) is 38.3 Å². The van der Waals surface area contributed by atoms with Gasteiger partial charge in [0.05, 0.1) is 23.2 Å². The number of nitrogens with two attached hydrogens (primary N) is 1. The Balaban J connectivity index is 2.02. The summed E-state index contributed by atoms with van der Waals surface area (Å²) < 4.78 is 0. The highest BCUT2D eigenvalue weighted by Crippen LogP contribution is 2.25. The lowest BCUT2D eigenvalue weighted by Gasteiger charge is -2.37. The molecular formula is C14H23N3O. The van der Waals surface area contributed by atoms with Crippen LogP contribution in [0.3, 0.4) is 0 Å². The Morgan fingerprint density at radius 3 is 2.61 bits per heavy atom. The van der Waals surface area contributed by atoms with Crippen molar-refractivity contribution in [3.63, 3.8) is 0 Å². The van der Waals surface area contributed by atoms with Crippen molar-refractivity contribution in [1.82, 2.24) is 4.98 Å². The van der Waals surface area contributed by atoms with E-state index in [4.69, 9.17) is 5.73 Å². The first-order valence-corrected chi connectivity index (χ1v) is 6.71. The van der Waals surface area contributed by atoms with Gasteiger partial charge in [-0.1, -0.05) is 6.92 Å². The van der Waals surface area contributed by atoms with Crippen LogP contribution in [0.2, 0.25) is 0 Å². The molecule has 4 heteroatoms. The van der Waals surface area contributed by atoms with Gasteiger partial charge in [-0.15, -0.1) is 0 Å². The zero-order chi connectivity index (χ0) is 13.2. The van der Waals surface area contributed by atoms with Crippen molar-refractivity contribution in [1.29, 1.82) is 0 Å². The second kappa shape index (κ2) is 5.24. The Labute approximate surface area is 109 Å². The summed E-state index contributed by atoms with van der Waals surface area (Å²) in [5.41, 5.74) is 7.52. The number of hydrogen-bond acceptors (Lipinski definition) is 4. The molecule has 0 spiro atoms. The van der Waals surface area contributed by atoms with Crippen molar-refractivity contribution in [3.05, 3.63) is 24.0 Å². The van der Waals surface area contributed by atoms with Crippen LogP contribution in [0.1, 0.15) is 44.8 Å². The third-order valence-corrected chi connectivity index (χ3v) is 3.80. The molecular weight excluding hydrogens is 226 g/mol. The van der Waals surface area contributed by atoms with E-state index in [2.05, 4.69) is 22.9 Å². The van der Waals surface area contributed by atoms with Gasteiger partial charge in [0.15, 0.2) is 0 Å². The third-order valence-electron chi connectivity index (χ3n) is 3.80. The minimum Gasteiger partial charge on any atom is -0.390 e. The van der Waals surface area contributed by atoms with E-state index in [9.17, 15) is 5.11 Å². The fraction of sp³-hybridized carbons (Fsp3) is 0.643. The van der Waals surface area contributed by atoms with Gasteiger partial charge in [0.1, 0.15) is 0 Å². The molecule has 0 radical (unpaired) electrons. The Bertz CT molecular complexity index is 379. The van der Waals surface area contributed by atoms with Gasteiger partial charge in [0, 0.05) is 19.1 Å². The van der Waals surface area contributed by atoms with Crippen molar-refractivity contribution < 1.29 is 5.11 Å². The van der Waals surface area contributed by atoms with Crippen LogP contribution >= 0.6 is 0 Å². The Morgan fingerprint density at radius 2 is 2.11 bits per heavy atom. The van der Waals surface area contributed by atoms with E-state index in [0.29, 0.717) is 0 Å². The van der Waals surface area contributed by atoms with Gasteiger partial charge in [-0.3, -0.25) is 4.98 Å². The maximum Gasteiger partial charge on any atom is 0.0653 e. The van der Waals surface area contributed by atoms with Crippen LogP contribution < -0.4 is 10.6 Å². The molecule has 100 valence electrons. The van der Waals surface area contributed by atoms with E-state index < -0.39 is 5.60 Å². The number of piperidine rings is 1. The number of aliphatic hydroxyl groups is 1. The third kappa shape index (κ3) is 3.00. The maximum atomic E-state index is 9.93. The van der Waals surface area contributed by atoms with Gasteiger partial charge in [0.25, 0.3) is 0 Å². The summed E-state index contributed by atoms with van der Waals surface area (Å²) in [6, 6.07) is 4.12. The quantitative estimate of drug-likeness (QED) is 0.858. The van der Waals surface area contributed by atoms with Gasteiger partial charge < -0.3 is 15.7 Å². The van der Waals surface area contributed by atoms with E-state index in [-0.39, 0.29) is 6.04 Å². The first kappa shape index (κ1) is 13.3. The van der Waals surface area contributed by atoms with E-state index >= 15 is 0 Å². The molecule has 3 N–H and O–H groups in total. The smallest absolute Gasteiger partial charge is 0.0653 e. The van der Waals surface area contributed by atoms with Crippen LogP contribution in [0.5, 0.6) is 0 Å².